The van der Waals surface area contributed by atoms with Crippen molar-refractivity contribution in [2.24, 2.45) is 5.41 Å². The molecule has 0 fully saturated rings. The van der Waals surface area contributed by atoms with E-state index in [1.165, 1.54) is 0 Å². The zero-order valence-corrected chi connectivity index (χ0v) is 12.7. The van der Waals surface area contributed by atoms with E-state index in [0.717, 1.165) is 6.54 Å². The Kier molecular flexibility index (Phi) is 5.20. The second-order valence-electron chi connectivity index (χ2n) is 5.82. The zero-order chi connectivity index (χ0) is 14.6. The largest absolute Gasteiger partial charge is 0.398 e. The molecule has 0 aliphatic carbocycles. The van der Waals surface area contributed by atoms with Crippen molar-refractivity contribution >= 4 is 23.2 Å². The van der Waals surface area contributed by atoms with Gasteiger partial charge in [0.1, 0.15) is 0 Å². The minimum absolute atomic E-state index is 0.0110. The molecule has 0 heterocycles. The van der Waals surface area contributed by atoms with Crippen LogP contribution in [0.1, 0.15) is 24.2 Å². The van der Waals surface area contributed by atoms with Crippen molar-refractivity contribution in [3.05, 3.63) is 28.8 Å². The average molecular weight is 284 g/mol. The van der Waals surface area contributed by atoms with Gasteiger partial charge in [-0.15, -0.1) is 0 Å². The van der Waals surface area contributed by atoms with Crippen molar-refractivity contribution in [2.45, 2.75) is 13.8 Å². The number of nitrogens with zero attached hydrogens (tertiary/aromatic N) is 1. The molecule has 1 amide bonds. The number of hydrogen-bond donors (Lipinski definition) is 2. The van der Waals surface area contributed by atoms with Gasteiger partial charge in [-0.3, -0.25) is 4.79 Å². The van der Waals surface area contributed by atoms with Gasteiger partial charge in [-0.25, -0.2) is 0 Å². The molecule has 19 heavy (non-hydrogen) atoms. The molecule has 4 nitrogen and oxygen atoms in total. The zero-order valence-electron chi connectivity index (χ0n) is 12.0. The normalized spacial score (nSPS) is 11.7. The molecular formula is C14H22ClN3O. The van der Waals surface area contributed by atoms with Gasteiger partial charge in [0, 0.05) is 18.7 Å². The van der Waals surface area contributed by atoms with E-state index in [1.807, 2.05) is 14.1 Å². The first kappa shape index (κ1) is 15.8. The molecule has 106 valence electrons. The summed E-state index contributed by atoms with van der Waals surface area (Å²) in [6.45, 7) is 5.73. The molecular weight excluding hydrogens is 262 g/mol. The Labute approximate surface area is 119 Å². The number of carbonyl (C=O) groups excluding carboxylic acids is 1. The molecule has 0 spiro atoms. The number of nitrogen functional groups attached to an aromatic ring is 1. The summed E-state index contributed by atoms with van der Waals surface area (Å²) >= 11 is 5.83. The van der Waals surface area contributed by atoms with Crippen molar-refractivity contribution in [3.63, 3.8) is 0 Å². The molecule has 0 aromatic heterocycles. The van der Waals surface area contributed by atoms with Crippen LogP contribution in [-0.4, -0.2) is 38.0 Å². The van der Waals surface area contributed by atoms with Crippen LogP contribution in [-0.2, 0) is 0 Å². The van der Waals surface area contributed by atoms with Crippen molar-refractivity contribution in [3.8, 4) is 0 Å². The number of nitrogens with one attached hydrogen (secondary N) is 1. The third-order valence-electron chi connectivity index (χ3n) is 2.73. The number of anilines is 1. The van der Waals surface area contributed by atoms with E-state index in [4.69, 9.17) is 17.3 Å². The highest BCUT2D eigenvalue weighted by Gasteiger charge is 2.20. The van der Waals surface area contributed by atoms with Gasteiger partial charge >= 0.3 is 0 Å². The maximum absolute atomic E-state index is 12.0. The van der Waals surface area contributed by atoms with Crippen LogP contribution in [0.15, 0.2) is 18.2 Å². The SMILES string of the molecule is CN(C)CC(C)(C)CNC(=O)c1ccc(Cl)c(N)c1. The highest BCUT2D eigenvalue weighted by Crippen LogP contribution is 2.20. The summed E-state index contributed by atoms with van der Waals surface area (Å²) in [5, 5.41) is 3.39. The topological polar surface area (TPSA) is 58.4 Å². The Morgan fingerprint density at radius 1 is 1.42 bits per heavy atom. The van der Waals surface area contributed by atoms with Crippen LogP contribution in [0.25, 0.3) is 0 Å². The first-order valence-corrected chi connectivity index (χ1v) is 6.57. The second-order valence-corrected chi connectivity index (χ2v) is 6.23. The number of nitrogens with two attached hydrogens (primary N) is 1. The van der Waals surface area contributed by atoms with Crippen molar-refractivity contribution in [1.82, 2.24) is 10.2 Å². The van der Waals surface area contributed by atoms with Crippen LogP contribution in [0.3, 0.4) is 0 Å². The molecule has 1 rings (SSSR count). The van der Waals surface area contributed by atoms with Crippen LogP contribution in [0, 0.1) is 5.41 Å². The summed E-state index contributed by atoms with van der Waals surface area (Å²) in [5.41, 5.74) is 6.65. The Morgan fingerprint density at radius 2 is 2.05 bits per heavy atom. The van der Waals surface area contributed by atoms with Gasteiger partial charge in [-0.2, -0.15) is 0 Å². The average Bonchev–Trinajstić information content (AvgIpc) is 2.28. The van der Waals surface area contributed by atoms with E-state index in [1.54, 1.807) is 18.2 Å². The van der Waals surface area contributed by atoms with E-state index in [-0.39, 0.29) is 11.3 Å². The van der Waals surface area contributed by atoms with Crippen LogP contribution in [0.2, 0.25) is 5.02 Å². The minimum Gasteiger partial charge on any atom is -0.398 e. The number of carbonyl (C=O) groups is 1. The predicted octanol–water partition coefficient (Wildman–Crippen LogP) is 2.24. The quantitative estimate of drug-likeness (QED) is 0.815. The molecule has 0 unspecified atom stereocenters. The molecule has 0 saturated carbocycles. The summed E-state index contributed by atoms with van der Waals surface area (Å²) in [5.74, 6) is -0.129. The minimum atomic E-state index is -0.129. The van der Waals surface area contributed by atoms with Crippen LogP contribution in [0.4, 0.5) is 5.69 Å². The predicted molar refractivity (Wildman–Crippen MR) is 80.5 cm³/mol. The van der Waals surface area contributed by atoms with E-state index in [0.29, 0.717) is 22.8 Å². The molecule has 0 radical (unpaired) electrons. The number of amides is 1. The van der Waals surface area contributed by atoms with Gasteiger partial charge in [0.05, 0.1) is 10.7 Å². The molecule has 1 aromatic carbocycles. The fraction of sp³-hybridized carbons (Fsp3) is 0.500. The first-order chi connectivity index (χ1) is 8.71. The summed E-state index contributed by atoms with van der Waals surface area (Å²) < 4.78 is 0. The van der Waals surface area contributed by atoms with E-state index in [9.17, 15) is 4.79 Å². The van der Waals surface area contributed by atoms with Crippen LogP contribution >= 0.6 is 11.6 Å². The van der Waals surface area contributed by atoms with Crippen molar-refractivity contribution in [2.75, 3.05) is 32.9 Å². The van der Waals surface area contributed by atoms with Crippen LogP contribution in [0.5, 0.6) is 0 Å². The van der Waals surface area contributed by atoms with Crippen molar-refractivity contribution in [1.29, 1.82) is 0 Å². The highest BCUT2D eigenvalue weighted by molar-refractivity contribution is 6.33. The molecule has 0 bridgehead atoms. The van der Waals surface area contributed by atoms with E-state index < -0.39 is 0 Å². The lowest BCUT2D eigenvalue weighted by Crippen LogP contribution is -2.39. The van der Waals surface area contributed by atoms with Gasteiger partial charge in [0.25, 0.3) is 5.91 Å². The summed E-state index contributed by atoms with van der Waals surface area (Å²) in [6.07, 6.45) is 0. The Bertz CT molecular complexity index is 458. The molecule has 0 aliphatic rings. The molecule has 0 saturated heterocycles. The van der Waals surface area contributed by atoms with Crippen molar-refractivity contribution < 1.29 is 4.79 Å². The van der Waals surface area contributed by atoms with E-state index in [2.05, 4.69) is 24.1 Å². The van der Waals surface area contributed by atoms with Gasteiger partial charge in [-0.05, 0) is 37.7 Å². The molecule has 1 aromatic rings. The van der Waals surface area contributed by atoms with E-state index >= 15 is 0 Å². The van der Waals surface area contributed by atoms with Gasteiger partial charge < -0.3 is 16.0 Å². The number of benzene rings is 1. The number of hydrogen-bond acceptors (Lipinski definition) is 3. The van der Waals surface area contributed by atoms with Crippen LogP contribution < -0.4 is 11.1 Å². The Morgan fingerprint density at radius 3 is 2.58 bits per heavy atom. The lowest BCUT2D eigenvalue weighted by Gasteiger charge is -2.28. The maximum atomic E-state index is 12.0. The van der Waals surface area contributed by atoms with Gasteiger partial charge in [0.2, 0.25) is 0 Å². The lowest BCUT2D eigenvalue weighted by molar-refractivity contribution is 0.0929. The standard InChI is InChI=1S/C14H22ClN3O/c1-14(2,9-18(3)4)8-17-13(19)10-5-6-11(15)12(16)7-10/h5-7H,8-9,16H2,1-4H3,(H,17,19). The fourth-order valence-corrected chi connectivity index (χ4v) is 2.14. The Balaban J connectivity index is 2.62. The molecule has 0 aliphatic heterocycles. The summed E-state index contributed by atoms with van der Waals surface area (Å²) in [4.78, 5) is 14.1. The molecule has 5 heteroatoms. The van der Waals surface area contributed by atoms with Gasteiger partial charge in [0.15, 0.2) is 0 Å². The second kappa shape index (κ2) is 6.26. The number of rotatable bonds is 5. The first-order valence-electron chi connectivity index (χ1n) is 6.19. The summed E-state index contributed by atoms with van der Waals surface area (Å²) in [7, 11) is 4.03. The molecule has 3 N–H and O–H groups in total. The maximum Gasteiger partial charge on any atom is 0.251 e. The lowest BCUT2D eigenvalue weighted by atomic mass is 9.93. The molecule has 0 atom stereocenters. The Hall–Kier alpha value is -1.26. The highest BCUT2D eigenvalue weighted by atomic mass is 35.5. The fourth-order valence-electron chi connectivity index (χ4n) is 2.02. The third kappa shape index (κ3) is 5.09. The smallest absolute Gasteiger partial charge is 0.251 e. The summed E-state index contributed by atoms with van der Waals surface area (Å²) in [6, 6.07) is 4.90. The number of halogens is 1. The third-order valence-corrected chi connectivity index (χ3v) is 3.07. The monoisotopic (exact) mass is 283 g/mol. The van der Waals surface area contributed by atoms with Gasteiger partial charge in [-0.1, -0.05) is 25.4 Å².